The normalized spacial score (nSPS) is 18.9. The number of aryl methyl sites for hydroxylation is 2. The second-order valence-corrected chi connectivity index (χ2v) is 10.9. The molecule has 5 rings (SSSR count). The van der Waals surface area contributed by atoms with Crippen molar-refractivity contribution in [2.45, 2.75) is 44.3 Å². The van der Waals surface area contributed by atoms with Gasteiger partial charge in [-0.1, -0.05) is 5.16 Å². The van der Waals surface area contributed by atoms with Crippen molar-refractivity contribution in [2.24, 2.45) is 0 Å². The molecule has 170 valence electrons. The number of rotatable bonds is 5. The van der Waals surface area contributed by atoms with Gasteiger partial charge < -0.3 is 13.8 Å². The number of aromatic nitrogens is 2. The van der Waals surface area contributed by atoms with Gasteiger partial charge in [0.25, 0.3) is 0 Å². The monoisotopic (exact) mass is 458 g/mol. The van der Waals surface area contributed by atoms with E-state index in [4.69, 9.17) is 8.94 Å². The van der Waals surface area contributed by atoms with Crippen LogP contribution in [0, 0.1) is 13.8 Å². The quantitative estimate of drug-likeness (QED) is 0.577. The van der Waals surface area contributed by atoms with Gasteiger partial charge in [-0.05, 0) is 44.7 Å². The summed E-state index contributed by atoms with van der Waals surface area (Å²) < 4.78 is 38.5. The van der Waals surface area contributed by atoms with Crippen molar-refractivity contribution < 1.29 is 22.2 Å². The minimum absolute atomic E-state index is 0.0936. The third-order valence-corrected chi connectivity index (χ3v) is 8.97. The molecule has 32 heavy (non-hydrogen) atoms. The molecule has 5 heterocycles. The van der Waals surface area contributed by atoms with E-state index in [2.05, 4.69) is 10.1 Å². The van der Waals surface area contributed by atoms with E-state index in [0.717, 1.165) is 35.1 Å². The summed E-state index contributed by atoms with van der Waals surface area (Å²) >= 11 is 0. The Kier molecular flexibility index (Phi) is 5.29. The highest BCUT2D eigenvalue weighted by molar-refractivity contribution is 7.89. The van der Waals surface area contributed by atoms with Crippen molar-refractivity contribution in [2.75, 3.05) is 26.2 Å². The van der Waals surface area contributed by atoms with Crippen LogP contribution < -0.4 is 0 Å². The molecule has 2 aliphatic rings. The molecule has 1 amide bonds. The van der Waals surface area contributed by atoms with Crippen LogP contribution in [0.5, 0.6) is 0 Å². The van der Waals surface area contributed by atoms with Crippen LogP contribution in [-0.4, -0.2) is 65.1 Å². The summed E-state index contributed by atoms with van der Waals surface area (Å²) in [7, 11) is -3.44. The van der Waals surface area contributed by atoms with Gasteiger partial charge in [0.1, 0.15) is 16.5 Å². The lowest BCUT2D eigenvalue weighted by Gasteiger charge is -2.42. The number of likely N-dealkylation sites (tertiary alicyclic amines) is 1. The fourth-order valence-corrected chi connectivity index (χ4v) is 6.53. The second-order valence-electron chi connectivity index (χ2n) is 8.66. The molecule has 2 saturated heterocycles. The molecule has 0 aromatic carbocycles. The number of amides is 1. The summed E-state index contributed by atoms with van der Waals surface area (Å²) in [6, 6.07) is 3.73. The van der Waals surface area contributed by atoms with Gasteiger partial charge in [-0.3, -0.25) is 9.78 Å². The maximum absolute atomic E-state index is 13.1. The number of pyridine rings is 1. The van der Waals surface area contributed by atoms with Gasteiger partial charge in [0.15, 0.2) is 5.58 Å². The van der Waals surface area contributed by atoms with Crippen molar-refractivity contribution >= 4 is 27.0 Å². The van der Waals surface area contributed by atoms with E-state index < -0.39 is 15.3 Å². The lowest BCUT2D eigenvalue weighted by Crippen LogP contribution is -2.60. The van der Waals surface area contributed by atoms with Crippen molar-refractivity contribution in [3.63, 3.8) is 0 Å². The predicted molar refractivity (Wildman–Crippen MR) is 117 cm³/mol. The SMILES string of the molecule is Cc1noc(C)c1CC(=O)N1CC(S(=O)(=O)N2CCC(c3coc4cccnc34)CC2)C1. The first-order valence-electron chi connectivity index (χ1n) is 10.8. The van der Waals surface area contributed by atoms with Crippen LogP contribution in [0.1, 0.15) is 41.3 Å². The number of hydrogen-bond donors (Lipinski definition) is 0. The largest absolute Gasteiger partial charge is 0.462 e. The number of fused-ring (bicyclic) bond motifs is 1. The summed E-state index contributed by atoms with van der Waals surface area (Å²) in [6.07, 6.45) is 5.14. The molecule has 0 spiro atoms. The van der Waals surface area contributed by atoms with Crippen LogP contribution in [0.4, 0.5) is 0 Å². The average Bonchev–Trinajstić information content (AvgIpc) is 3.31. The van der Waals surface area contributed by atoms with Crippen LogP contribution in [-0.2, 0) is 21.2 Å². The average molecular weight is 459 g/mol. The standard InChI is InChI=1S/C22H26N4O5S/c1-14-18(15(2)31-24-14)10-21(27)25-11-17(12-25)32(28,29)26-8-5-16(6-9-26)19-13-30-20-4-3-7-23-22(19)20/h3-4,7,13,16-17H,5-6,8-12H2,1-2H3. The second kappa shape index (κ2) is 8.00. The van der Waals surface area contributed by atoms with E-state index in [-0.39, 0.29) is 31.3 Å². The fourth-order valence-electron chi connectivity index (χ4n) is 4.65. The smallest absolute Gasteiger partial charge is 0.227 e. The Hall–Kier alpha value is -2.72. The molecule has 0 atom stereocenters. The third-order valence-electron chi connectivity index (χ3n) is 6.74. The number of nitrogens with zero attached hydrogens (tertiary/aromatic N) is 4. The Morgan fingerprint density at radius 3 is 2.66 bits per heavy atom. The van der Waals surface area contributed by atoms with Crippen molar-refractivity contribution in [3.8, 4) is 0 Å². The van der Waals surface area contributed by atoms with Crippen molar-refractivity contribution in [1.29, 1.82) is 0 Å². The zero-order chi connectivity index (χ0) is 22.5. The van der Waals surface area contributed by atoms with E-state index in [9.17, 15) is 13.2 Å². The molecule has 0 saturated carbocycles. The predicted octanol–water partition coefficient (Wildman–Crippen LogP) is 2.40. The Balaban J connectivity index is 1.17. The number of carbonyl (C=O) groups is 1. The van der Waals surface area contributed by atoms with E-state index >= 15 is 0 Å². The molecule has 0 aliphatic carbocycles. The number of piperidine rings is 1. The fraction of sp³-hybridized carbons (Fsp3) is 0.500. The van der Waals surface area contributed by atoms with Gasteiger partial charge in [-0.2, -0.15) is 0 Å². The van der Waals surface area contributed by atoms with Gasteiger partial charge in [0.05, 0.1) is 18.4 Å². The highest BCUT2D eigenvalue weighted by Gasteiger charge is 2.43. The van der Waals surface area contributed by atoms with Gasteiger partial charge >= 0.3 is 0 Å². The highest BCUT2D eigenvalue weighted by atomic mass is 32.2. The summed E-state index contributed by atoms with van der Waals surface area (Å²) in [6.45, 7) is 4.99. The molecule has 3 aromatic heterocycles. The zero-order valence-corrected chi connectivity index (χ0v) is 19.0. The lowest BCUT2D eigenvalue weighted by atomic mass is 9.91. The first kappa shape index (κ1) is 21.1. The summed E-state index contributed by atoms with van der Waals surface area (Å²) in [4.78, 5) is 18.6. The molecule has 0 radical (unpaired) electrons. The molecule has 2 aliphatic heterocycles. The Morgan fingerprint density at radius 1 is 1.22 bits per heavy atom. The van der Waals surface area contributed by atoms with Crippen LogP contribution >= 0.6 is 0 Å². The third kappa shape index (κ3) is 3.61. The van der Waals surface area contributed by atoms with Gasteiger partial charge in [-0.15, -0.1) is 0 Å². The van der Waals surface area contributed by atoms with Gasteiger partial charge in [0.2, 0.25) is 15.9 Å². The molecule has 2 fully saturated rings. The summed E-state index contributed by atoms with van der Waals surface area (Å²) in [5.74, 6) is 0.764. The molecular formula is C22H26N4O5S. The van der Waals surface area contributed by atoms with Crippen molar-refractivity contribution in [3.05, 3.63) is 47.2 Å². The number of sulfonamides is 1. The number of furan rings is 1. The van der Waals surface area contributed by atoms with Gasteiger partial charge in [0, 0.05) is 43.5 Å². The van der Waals surface area contributed by atoms with Crippen LogP contribution in [0.2, 0.25) is 0 Å². The minimum atomic E-state index is -3.44. The molecule has 3 aromatic rings. The number of carbonyl (C=O) groups excluding carboxylic acids is 1. The molecular weight excluding hydrogens is 432 g/mol. The summed E-state index contributed by atoms with van der Waals surface area (Å²) in [5.41, 5.74) is 4.15. The van der Waals surface area contributed by atoms with E-state index in [1.165, 1.54) is 0 Å². The molecule has 0 N–H and O–H groups in total. The Bertz CT molecular complexity index is 1230. The first-order chi connectivity index (χ1) is 15.3. The molecule has 10 heteroatoms. The highest BCUT2D eigenvalue weighted by Crippen LogP contribution is 2.35. The van der Waals surface area contributed by atoms with E-state index in [1.807, 2.05) is 12.1 Å². The lowest BCUT2D eigenvalue weighted by molar-refractivity contribution is -0.133. The Morgan fingerprint density at radius 2 is 1.97 bits per heavy atom. The molecule has 9 nitrogen and oxygen atoms in total. The minimum Gasteiger partial charge on any atom is -0.462 e. The molecule has 0 unspecified atom stereocenters. The van der Waals surface area contributed by atoms with Crippen LogP contribution in [0.15, 0.2) is 33.5 Å². The summed E-state index contributed by atoms with van der Waals surface area (Å²) in [5, 5.41) is 3.33. The van der Waals surface area contributed by atoms with E-state index in [0.29, 0.717) is 24.5 Å². The zero-order valence-electron chi connectivity index (χ0n) is 18.2. The topological polar surface area (TPSA) is 110 Å². The van der Waals surface area contributed by atoms with Crippen LogP contribution in [0.25, 0.3) is 11.1 Å². The first-order valence-corrected chi connectivity index (χ1v) is 12.4. The Labute approximate surface area is 186 Å². The maximum Gasteiger partial charge on any atom is 0.227 e. The maximum atomic E-state index is 13.1. The van der Waals surface area contributed by atoms with Crippen molar-refractivity contribution in [1.82, 2.24) is 19.3 Å². The van der Waals surface area contributed by atoms with Gasteiger partial charge in [-0.25, -0.2) is 12.7 Å². The molecule has 0 bridgehead atoms. The number of hydrogen-bond acceptors (Lipinski definition) is 7. The van der Waals surface area contributed by atoms with Crippen LogP contribution in [0.3, 0.4) is 0 Å². The van der Waals surface area contributed by atoms with E-state index in [1.54, 1.807) is 35.5 Å².